The maximum atomic E-state index is 15.4. The number of amides is 3. The summed E-state index contributed by atoms with van der Waals surface area (Å²) in [7, 11) is 1.68. The number of alkyl halides is 1. The van der Waals surface area contributed by atoms with Crippen molar-refractivity contribution in [2.24, 2.45) is 11.8 Å². The number of halogens is 1. The second-order valence-corrected chi connectivity index (χ2v) is 16.0. The number of carbonyl (C=O) groups is 4. The van der Waals surface area contributed by atoms with Gasteiger partial charge in [-0.05, 0) is 55.9 Å². The number of benzene rings is 3. The molecule has 3 aliphatic rings. The van der Waals surface area contributed by atoms with Crippen molar-refractivity contribution < 1.29 is 33.8 Å². The molecular formula is C44H50BrN3O7. The number of likely N-dealkylation sites (N-methyl/N-ethyl adjacent to an activating group) is 1. The van der Waals surface area contributed by atoms with Gasteiger partial charge in [0, 0.05) is 30.5 Å². The molecule has 3 aliphatic heterocycles. The van der Waals surface area contributed by atoms with E-state index in [1.807, 2.05) is 99.6 Å². The lowest BCUT2D eigenvalue weighted by Crippen LogP contribution is -2.58. The lowest BCUT2D eigenvalue weighted by molar-refractivity contribution is -0.165. The van der Waals surface area contributed by atoms with Crippen molar-refractivity contribution in [1.82, 2.24) is 9.80 Å². The van der Waals surface area contributed by atoms with E-state index in [-0.39, 0.29) is 25.3 Å². The Balaban J connectivity index is 1.44. The van der Waals surface area contributed by atoms with Crippen molar-refractivity contribution in [2.45, 2.75) is 80.8 Å². The summed E-state index contributed by atoms with van der Waals surface area (Å²) in [5, 5.41) is 11.0. The van der Waals surface area contributed by atoms with Gasteiger partial charge in [-0.15, -0.1) is 13.2 Å². The maximum absolute atomic E-state index is 15.4. The molecule has 9 atom stereocenters. The molecule has 1 unspecified atom stereocenters. The average Bonchev–Trinajstić information content (AvgIpc) is 3.79. The number of allylic oxidation sites excluding steroid dienone is 1. The van der Waals surface area contributed by atoms with Gasteiger partial charge in [0.25, 0.3) is 5.91 Å². The first kappa shape index (κ1) is 40.1. The summed E-state index contributed by atoms with van der Waals surface area (Å²) in [6.07, 6.45) is 2.71. The molecule has 0 saturated carbocycles. The zero-order chi connectivity index (χ0) is 39.6. The van der Waals surface area contributed by atoms with Crippen molar-refractivity contribution in [1.29, 1.82) is 0 Å². The van der Waals surface area contributed by atoms with Crippen LogP contribution in [0, 0.1) is 25.7 Å². The number of esters is 1. The van der Waals surface area contributed by atoms with Gasteiger partial charge in [0.05, 0.1) is 36.6 Å². The van der Waals surface area contributed by atoms with E-state index in [2.05, 4.69) is 29.1 Å². The Morgan fingerprint density at radius 1 is 1.00 bits per heavy atom. The number of fused-ring (bicyclic) bond motifs is 1. The zero-order valence-corrected chi connectivity index (χ0v) is 33.4. The molecule has 2 bridgehead atoms. The topological polar surface area (TPSA) is 117 Å². The molecule has 55 heavy (non-hydrogen) atoms. The number of carbonyl (C=O) groups excluding carboxylic acids is 4. The van der Waals surface area contributed by atoms with Crippen LogP contribution < -0.4 is 4.90 Å². The minimum absolute atomic E-state index is 0.126. The number of hydrogen-bond donors (Lipinski definition) is 1. The molecule has 0 aliphatic carbocycles. The van der Waals surface area contributed by atoms with Crippen LogP contribution >= 0.6 is 15.9 Å². The number of aliphatic hydroxyl groups is 1. The summed E-state index contributed by atoms with van der Waals surface area (Å²) >= 11 is 3.78. The van der Waals surface area contributed by atoms with Gasteiger partial charge in [0.2, 0.25) is 11.8 Å². The predicted molar refractivity (Wildman–Crippen MR) is 214 cm³/mol. The predicted octanol–water partition coefficient (Wildman–Crippen LogP) is 6.40. The Hall–Kier alpha value is -4.58. The molecule has 6 rings (SSSR count). The van der Waals surface area contributed by atoms with Crippen molar-refractivity contribution in [3.05, 3.63) is 126 Å². The van der Waals surface area contributed by atoms with E-state index >= 15 is 9.59 Å². The smallest absolute Gasteiger partial charge is 0.313 e. The fraction of sp³-hybridized carbons (Fsp3) is 0.409. The fourth-order valence-electron chi connectivity index (χ4n) is 8.90. The third-order valence-corrected chi connectivity index (χ3v) is 12.4. The zero-order valence-electron chi connectivity index (χ0n) is 31.8. The monoisotopic (exact) mass is 811 g/mol. The minimum atomic E-state index is -1.43. The number of rotatable bonds is 15. The Morgan fingerprint density at radius 3 is 2.20 bits per heavy atom. The molecule has 3 aromatic carbocycles. The highest BCUT2D eigenvalue weighted by molar-refractivity contribution is 9.09. The van der Waals surface area contributed by atoms with Gasteiger partial charge in [-0.2, -0.15) is 0 Å². The average molecular weight is 813 g/mol. The third kappa shape index (κ3) is 7.18. The molecule has 11 heteroatoms. The fourth-order valence-corrected chi connectivity index (χ4v) is 9.85. The third-order valence-electron chi connectivity index (χ3n) is 11.6. The van der Waals surface area contributed by atoms with Gasteiger partial charge in [0.1, 0.15) is 17.7 Å². The number of aliphatic hydroxyl groups excluding tert-OH is 1. The number of hydrogen-bond acceptors (Lipinski definition) is 7. The Morgan fingerprint density at radius 2 is 1.62 bits per heavy atom. The first-order valence-corrected chi connectivity index (χ1v) is 19.7. The quantitative estimate of drug-likeness (QED) is 0.107. The molecule has 1 spiro atoms. The molecule has 3 fully saturated rings. The van der Waals surface area contributed by atoms with Crippen molar-refractivity contribution >= 4 is 45.3 Å². The van der Waals surface area contributed by atoms with Gasteiger partial charge >= 0.3 is 5.97 Å². The van der Waals surface area contributed by atoms with Crippen LogP contribution in [0.1, 0.15) is 60.6 Å². The van der Waals surface area contributed by atoms with Crippen LogP contribution in [0.2, 0.25) is 0 Å². The summed E-state index contributed by atoms with van der Waals surface area (Å²) in [5.41, 5.74) is 2.33. The van der Waals surface area contributed by atoms with Crippen LogP contribution in [0.25, 0.3) is 0 Å². The highest BCUT2D eigenvalue weighted by Crippen LogP contribution is 2.62. The number of anilines is 1. The second-order valence-electron chi connectivity index (χ2n) is 14.8. The summed E-state index contributed by atoms with van der Waals surface area (Å²) in [6, 6.07) is 21.4. The number of para-hydroxylation sites is 1. The van der Waals surface area contributed by atoms with Gasteiger partial charge in [-0.3, -0.25) is 19.2 Å². The van der Waals surface area contributed by atoms with Crippen LogP contribution in [0.3, 0.4) is 0 Å². The van der Waals surface area contributed by atoms with Crippen molar-refractivity contribution in [3.63, 3.8) is 0 Å². The molecule has 3 heterocycles. The molecule has 10 nitrogen and oxygen atoms in total. The number of nitrogens with zero attached hydrogens (tertiary/aromatic N) is 3. The van der Waals surface area contributed by atoms with Crippen LogP contribution in [0.5, 0.6) is 0 Å². The summed E-state index contributed by atoms with van der Waals surface area (Å²) in [6.45, 7) is 13.0. The van der Waals surface area contributed by atoms with Crippen LogP contribution in [0.15, 0.2) is 104 Å². The summed E-state index contributed by atoms with van der Waals surface area (Å²) in [4.78, 5) is 62.8. The second kappa shape index (κ2) is 16.6. The number of ether oxygens (including phenoxy) is 2. The van der Waals surface area contributed by atoms with Crippen LogP contribution in [-0.2, 0) is 28.7 Å². The molecule has 3 aromatic rings. The Bertz CT molecular complexity index is 1900. The molecule has 290 valence electrons. The highest BCUT2D eigenvalue weighted by atomic mass is 79.9. The molecule has 1 N–H and O–H groups in total. The molecule has 3 saturated heterocycles. The van der Waals surface area contributed by atoms with E-state index in [4.69, 9.17) is 9.47 Å². The standard InChI is InChI=1S/C44H50BrN3O7/c1-7-9-23-34(50)46(6)29(5)38(31-21-14-11-15-22-31)54-43(53)35-36-41(51)48(33(26-49)30-19-12-10-13-20-30)40(44(36)25-32(45)39(35)55-44)42(52)47(24-8-2)37-27(3)17-16-18-28(37)4/h7-8,10-22,29,32-33,35-36,38-40,49H,1-2,9,23-26H2,3-6H3/t29-,32?,33-,35+,36-,38+,39+,40+,44-/m1/s1. The number of aryl methyl sites for hydroxylation is 2. The van der Waals surface area contributed by atoms with E-state index in [1.165, 1.54) is 4.90 Å². The maximum Gasteiger partial charge on any atom is 0.313 e. The lowest BCUT2D eigenvalue weighted by Gasteiger charge is -2.40. The molecule has 3 amide bonds. The van der Waals surface area contributed by atoms with E-state index in [9.17, 15) is 14.7 Å². The van der Waals surface area contributed by atoms with Gasteiger partial charge < -0.3 is 29.3 Å². The van der Waals surface area contributed by atoms with E-state index in [0.29, 0.717) is 23.2 Å². The van der Waals surface area contributed by atoms with Gasteiger partial charge in [0.15, 0.2) is 0 Å². The molecular weight excluding hydrogens is 762 g/mol. The van der Waals surface area contributed by atoms with Crippen LogP contribution in [-0.4, -0.2) is 87.4 Å². The first-order chi connectivity index (χ1) is 26.4. The van der Waals surface area contributed by atoms with Crippen molar-refractivity contribution in [2.75, 3.05) is 25.1 Å². The first-order valence-electron chi connectivity index (χ1n) is 18.8. The SMILES string of the molecule is C=CCCC(=O)N(C)[C@H](C)[C@H](OC(=O)[C@@H]1[C@H]2O[C@@]3(CC2Br)[C@H](C(=O)N(CC=C)c2c(C)cccc2C)N([C@H](CO)c2ccccc2)C(=O)[C@@H]13)c1ccccc1. The lowest BCUT2D eigenvalue weighted by atomic mass is 9.70. The number of likely N-dealkylation sites (tertiary alicyclic amines) is 1. The van der Waals surface area contributed by atoms with Gasteiger partial charge in [-0.1, -0.05) is 107 Å². The summed E-state index contributed by atoms with van der Waals surface area (Å²) < 4.78 is 13.3. The Kier molecular flexibility index (Phi) is 12.1. The largest absolute Gasteiger partial charge is 0.455 e. The van der Waals surface area contributed by atoms with Gasteiger partial charge in [-0.25, -0.2) is 0 Å². The van der Waals surface area contributed by atoms with Crippen LogP contribution in [0.4, 0.5) is 5.69 Å². The molecule has 0 radical (unpaired) electrons. The van der Waals surface area contributed by atoms with E-state index in [1.54, 1.807) is 29.0 Å². The minimum Gasteiger partial charge on any atom is -0.455 e. The van der Waals surface area contributed by atoms with Crippen molar-refractivity contribution in [3.8, 4) is 0 Å². The summed E-state index contributed by atoms with van der Waals surface area (Å²) in [5.74, 6) is -3.83. The highest BCUT2D eigenvalue weighted by Gasteiger charge is 2.78. The Labute approximate surface area is 331 Å². The normalized spacial score (nSPS) is 25.5. The molecule has 0 aromatic heterocycles. The van der Waals surface area contributed by atoms with E-state index < -0.39 is 77.0 Å². The van der Waals surface area contributed by atoms with E-state index in [0.717, 1.165) is 11.1 Å².